The topological polar surface area (TPSA) is 93.0 Å². The highest BCUT2D eigenvalue weighted by Gasteiger charge is 2.31. The van der Waals surface area contributed by atoms with Crippen molar-refractivity contribution in [1.29, 1.82) is 0 Å². The number of sulfonamides is 2. The molecule has 124 valence electrons. The molecule has 6 nitrogen and oxygen atoms in total. The molecule has 0 aromatic rings. The highest BCUT2D eigenvalue weighted by atomic mass is 35.5. The Morgan fingerprint density at radius 2 is 0.909 bits per heavy atom. The summed E-state index contributed by atoms with van der Waals surface area (Å²) in [4.78, 5) is 0. The van der Waals surface area contributed by atoms with E-state index in [1.54, 1.807) is 0 Å². The Labute approximate surface area is 148 Å². The van der Waals surface area contributed by atoms with Gasteiger partial charge in [-0.25, -0.2) is 16.8 Å². The maximum atomic E-state index is 11.6. The highest BCUT2D eigenvalue weighted by molar-refractivity contribution is 7.90. The van der Waals surface area contributed by atoms with Crippen LogP contribution in [0.25, 0.3) is 0 Å². The Morgan fingerprint density at radius 3 is 1.09 bits per heavy atom. The molecule has 1 rings (SSSR count). The molecular formula is C10H10Cl4N2O4S2. The van der Waals surface area contributed by atoms with Gasteiger partial charge in [0.15, 0.2) is 0 Å². The molecule has 0 spiro atoms. The fourth-order valence-electron chi connectivity index (χ4n) is 1.18. The molecule has 12 heteroatoms. The number of allylic oxidation sites excluding steroid dienone is 4. The number of nitrogens with zero attached hydrogens (tertiary/aromatic N) is 2. The third kappa shape index (κ3) is 4.46. The highest BCUT2D eigenvalue weighted by Crippen LogP contribution is 2.35. The van der Waals surface area contributed by atoms with Gasteiger partial charge in [-0.3, -0.25) is 0 Å². The summed E-state index contributed by atoms with van der Waals surface area (Å²) >= 11 is 23.7. The Balaban J connectivity index is 3.64. The SMILES string of the molecule is CCS(=O)(=O)N=C1C(Cl)=C(Cl)C(=NS(=O)(=O)CC)C(Cl)=C1Cl. The summed E-state index contributed by atoms with van der Waals surface area (Å²) in [5, 5.41) is -1.40. The predicted octanol–water partition coefficient (Wildman–Crippen LogP) is 2.96. The summed E-state index contributed by atoms with van der Waals surface area (Å²) in [5.74, 6) is -0.573. The molecule has 0 saturated heterocycles. The lowest BCUT2D eigenvalue weighted by atomic mass is 10.1. The summed E-state index contributed by atoms with van der Waals surface area (Å²) in [6.07, 6.45) is 0. The van der Waals surface area contributed by atoms with Gasteiger partial charge in [-0.1, -0.05) is 46.4 Å². The number of hydrogen-bond donors (Lipinski definition) is 0. The summed E-state index contributed by atoms with van der Waals surface area (Å²) < 4.78 is 53.1. The molecule has 0 heterocycles. The number of halogens is 4. The van der Waals surface area contributed by atoms with Crippen LogP contribution in [0.5, 0.6) is 0 Å². The molecule has 0 radical (unpaired) electrons. The van der Waals surface area contributed by atoms with Gasteiger partial charge in [0, 0.05) is 0 Å². The van der Waals surface area contributed by atoms with Crippen LogP contribution in [0.2, 0.25) is 0 Å². The van der Waals surface area contributed by atoms with E-state index in [1.165, 1.54) is 13.8 Å². The van der Waals surface area contributed by atoms with Crippen molar-refractivity contribution in [2.45, 2.75) is 13.8 Å². The molecule has 0 atom stereocenters. The molecule has 0 N–H and O–H groups in total. The van der Waals surface area contributed by atoms with Crippen molar-refractivity contribution < 1.29 is 16.8 Å². The molecule has 0 aromatic heterocycles. The Morgan fingerprint density at radius 1 is 0.682 bits per heavy atom. The van der Waals surface area contributed by atoms with E-state index in [-0.39, 0.29) is 43.1 Å². The summed E-state index contributed by atoms with van der Waals surface area (Å²) in [6.45, 7) is 2.75. The number of rotatable bonds is 4. The lowest BCUT2D eigenvalue weighted by Gasteiger charge is -2.16. The van der Waals surface area contributed by atoms with Gasteiger partial charge in [0.2, 0.25) is 0 Å². The minimum atomic E-state index is -3.81. The second-order valence-corrected chi connectivity index (χ2v) is 9.24. The van der Waals surface area contributed by atoms with Crippen molar-refractivity contribution in [2.24, 2.45) is 8.80 Å². The molecule has 1 aliphatic carbocycles. The molecular weight excluding hydrogens is 418 g/mol. The maximum Gasteiger partial charge on any atom is 0.253 e. The first-order chi connectivity index (χ1) is 9.95. The number of hydrogen-bond acceptors (Lipinski definition) is 4. The molecule has 0 unspecified atom stereocenters. The van der Waals surface area contributed by atoms with Gasteiger partial charge in [-0.15, -0.1) is 0 Å². The first kappa shape index (κ1) is 19.9. The Kier molecular flexibility index (Phi) is 6.51. The van der Waals surface area contributed by atoms with Crippen LogP contribution in [-0.4, -0.2) is 39.8 Å². The van der Waals surface area contributed by atoms with Crippen LogP contribution < -0.4 is 0 Å². The van der Waals surface area contributed by atoms with Crippen LogP contribution in [0.4, 0.5) is 0 Å². The van der Waals surface area contributed by atoms with Crippen molar-refractivity contribution in [3.05, 3.63) is 20.1 Å². The van der Waals surface area contributed by atoms with E-state index in [4.69, 9.17) is 46.4 Å². The third-order valence-electron chi connectivity index (χ3n) is 2.41. The average Bonchev–Trinajstić information content (AvgIpc) is 2.46. The summed E-state index contributed by atoms with van der Waals surface area (Å²) in [5.41, 5.74) is -0.707. The fourth-order valence-corrected chi connectivity index (χ4v) is 3.56. The molecule has 1 aliphatic rings. The van der Waals surface area contributed by atoms with Gasteiger partial charge in [0.25, 0.3) is 20.0 Å². The first-order valence-electron chi connectivity index (χ1n) is 5.73. The Bertz CT molecular complexity index is 725. The second-order valence-electron chi connectivity index (χ2n) is 3.88. The predicted molar refractivity (Wildman–Crippen MR) is 91.3 cm³/mol. The fraction of sp³-hybridized carbons (Fsp3) is 0.400. The first-order valence-corrected chi connectivity index (χ1v) is 10.5. The smallest absolute Gasteiger partial charge is 0.205 e. The minimum absolute atomic E-state index is 0.286. The molecule has 0 bridgehead atoms. The minimum Gasteiger partial charge on any atom is -0.205 e. The second kappa shape index (κ2) is 7.19. The zero-order chi connectivity index (χ0) is 17.3. The van der Waals surface area contributed by atoms with E-state index in [0.717, 1.165) is 0 Å². The van der Waals surface area contributed by atoms with Gasteiger partial charge in [0.05, 0.1) is 31.6 Å². The van der Waals surface area contributed by atoms with Gasteiger partial charge in [0.1, 0.15) is 11.4 Å². The zero-order valence-electron chi connectivity index (χ0n) is 11.3. The van der Waals surface area contributed by atoms with Crippen LogP contribution in [0.1, 0.15) is 13.8 Å². The van der Waals surface area contributed by atoms with Crippen LogP contribution in [0.15, 0.2) is 28.9 Å². The standard InChI is InChI=1S/C10H10Cl4N2O4S2/c1-3-21(17,18)15-9-5(11)7(13)10(8(14)6(9)12)16-22(19,20)4-2/h3-4H2,1-2H3. The Hall–Kier alpha value is -0.120. The quantitative estimate of drug-likeness (QED) is 0.644. The summed E-state index contributed by atoms with van der Waals surface area (Å²) in [6, 6.07) is 0. The van der Waals surface area contributed by atoms with Crippen LogP contribution in [0, 0.1) is 0 Å². The van der Waals surface area contributed by atoms with Gasteiger partial charge >= 0.3 is 0 Å². The van der Waals surface area contributed by atoms with Gasteiger partial charge < -0.3 is 0 Å². The molecule has 0 aliphatic heterocycles. The summed E-state index contributed by atoms with van der Waals surface area (Å²) in [7, 11) is -7.63. The van der Waals surface area contributed by atoms with Crippen LogP contribution in [-0.2, 0) is 20.0 Å². The zero-order valence-corrected chi connectivity index (χ0v) is 15.9. The van der Waals surface area contributed by atoms with Gasteiger partial charge in [-0.2, -0.15) is 8.80 Å². The van der Waals surface area contributed by atoms with E-state index < -0.39 is 20.0 Å². The van der Waals surface area contributed by atoms with Gasteiger partial charge in [-0.05, 0) is 13.8 Å². The van der Waals surface area contributed by atoms with Crippen LogP contribution in [0.3, 0.4) is 0 Å². The molecule has 0 fully saturated rings. The molecule has 0 saturated carbocycles. The monoisotopic (exact) mass is 426 g/mol. The van der Waals surface area contributed by atoms with E-state index in [0.29, 0.717) is 0 Å². The van der Waals surface area contributed by atoms with Crippen molar-refractivity contribution in [2.75, 3.05) is 11.5 Å². The van der Waals surface area contributed by atoms with Crippen LogP contribution >= 0.6 is 46.4 Å². The van der Waals surface area contributed by atoms with Crippen molar-refractivity contribution in [3.63, 3.8) is 0 Å². The normalized spacial score (nSPS) is 17.2. The lowest BCUT2D eigenvalue weighted by Crippen LogP contribution is -2.19. The average molecular weight is 428 g/mol. The van der Waals surface area contributed by atoms with E-state index in [9.17, 15) is 16.8 Å². The van der Waals surface area contributed by atoms with Crippen molar-refractivity contribution in [3.8, 4) is 0 Å². The van der Waals surface area contributed by atoms with E-state index in [2.05, 4.69) is 8.80 Å². The van der Waals surface area contributed by atoms with Crippen molar-refractivity contribution in [1.82, 2.24) is 0 Å². The largest absolute Gasteiger partial charge is 0.253 e. The molecule has 22 heavy (non-hydrogen) atoms. The lowest BCUT2D eigenvalue weighted by molar-refractivity contribution is 0.597. The molecule has 0 aromatic carbocycles. The molecule has 0 amide bonds. The van der Waals surface area contributed by atoms with E-state index >= 15 is 0 Å². The van der Waals surface area contributed by atoms with Crippen molar-refractivity contribution >= 4 is 77.9 Å². The third-order valence-corrected chi connectivity index (χ3v) is 6.45. The van der Waals surface area contributed by atoms with E-state index in [1.807, 2.05) is 0 Å². The maximum absolute atomic E-state index is 11.6.